The molecule has 1 unspecified atom stereocenters. The van der Waals surface area contributed by atoms with Gasteiger partial charge in [-0.1, -0.05) is 13.8 Å². The Bertz CT molecular complexity index is 376. The lowest BCUT2D eigenvalue weighted by Gasteiger charge is -2.37. The molecular formula is C16H28N2O3. The topological polar surface area (TPSA) is 60.9 Å². The van der Waals surface area contributed by atoms with Crippen LogP contribution < -0.4 is 0 Å². The maximum atomic E-state index is 12.6. The third-order valence-corrected chi connectivity index (χ3v) is 4.74. The Morgan fingerprint density at radius 1 is 1.10 bits per heavy atom. The van der Waals surface area contributed by atoms with Gasteiger partial charge in [-0.05, 0) is 31.6 Å². The molecule has 0 aliphatic carbocycles. The molecule has 2 aliphatic rings. The van der Waals surface area contributed by atoms with Gasteiger partial charge in [0.25, 0.3) is 0 Å². The van der Waals surface area contributed by atoms with Crippen LogP contribution in [-0.2, 0) is 9.59 Å². The summed E-state index contributed by atoms with van der Waals surface area (Å²) in [5.74, 6) is 0.748. The minimum Gasteiger partial charge on any atom is -0.396 e. The fourth-order valence-electron chi connectivity index (χ4n) is 3.38. The Labute approximate surface area is 127 Å². The van der Waals surface area contributed by atoms with Gasteiger partial charge in [-0.15, -0.1) is 0 Å². The fraction of sp³-hybridized carbons (Fsp3) is 0.875. The normalized spacial score (nSPS) is 24.5. The second-order valence-corrected chi connectivity index (χ2v) is 6.73. The van der Waals surface area contributed by atoms with Gasteiger partial charge < -0.3 is 14.9 Å². The summed E-state index contributed by atoms with van der Waals surface area (Å²) in [5.41, 5.74) is 0. The van der Waals surface area contributed by atoms with Crippen molar-refractivity contribution >= 4 is 11.8 Å². The average Bonchev–Trinajstić information content (AvgIpc) is 2.53. The van der Waals surface area contributed by atoms with Crippen LogP contribution in [0.1, 0.15) is 39.5 Å². The van der Waals surface area contributed by atoms with Crippen molar-refractivity contribution in [1.29, 1.82) is 0 Å². The van der Waals surface area contributed by atoms with E-state index < -0.39 is 0 Å². The summed E-state index contributed by atoms with van der Waals surface area (Å²) in [6, 6.07) is 0. The standard InChI is InChI=1S/C16H28N2O3/c1-12(2)15(20)17-8-5-14(6-9-17)16(21)18-7-3-4-13(10-18)11-19/h12-14,19H,3-11H2,1-2H3. The monoisotopic (exact) mass is 296 g/mol. The molecule has 2 saturated heterocycles. The minimum absolute atomic E-state index is 0.0321. The molecule has 0 bridgehead atoms. The van der Waals surface area contributed by atoms with Crippen molar-refractivity contribution in [3.8, 4) is 0 Å². The van der Waals surface area contributed by atoms with Crippen molar-refractivity contribution in [1.82, 2.24) is 9.80 Å². The van der Waals surface area contributed by atoms with E-state index in [1.807, 2.05) is 23.6 Å². The number of aliphatic hydroxyl groups excluding tert-OH is 1. The smallest absolute Gasteiger partial charge is 0.225 e. The summed E-state index contributed by atoms with van der Waals surface area (Å²) in [6.07, 6.45) is 3.55. The minimum atomic E-state index is 0.0321. The van der Waals surface area contributed by atoms with Crippen LogP contribution >= 0.6 is 0 Å². The largest absolute Gasteiger partial charge is 0.396 e. The van der Waals surface area contributed by atoms with Gasteiger partial charge in [0.05, 0.1) is 0 Å². The number of nitrogens with zero attached hydrogens (tertiary/aromatic N) is 2. The first kappa shape index (κ1) is 16.3. The molecule has 2 fully saturated rings. The molecule has 1 atom stereocenters. The second kappa shape index (κ2) is 7.25. The van der Waals surface area contributed by atoms with E-state index in [0.717, 1.165) is 32.2 Å². The highest BCUT2D eigenvalue weighted by Gasteiger charge is 2.32. The molecule has 0 spiro atoms. The number of piperidine rings is 2. The summed E-state index contributed by atoms with van der Waals surface area (Å²) >= 11 is 0. The summed E-state index contributed by atoms with van der Waals surface area (Å²) < 4.78 is 0. The molecule has 0 radical (unpaired) electrons. The number of hydrogen-bond donors (Lipinski definition) is 1. The highest BCUT2D eigenvalue weighted by molar-refractivity contribution is 5.81. The van der Waals surface area contributed by atoms with E-state index in [0.29, 0.717) is 19.6 Å². The Morgan fingerprint density at radius 2 is 1.76 bits per heavy atom. The molecule has 120 valence electrons. The lowest BCUT2D eigenvalue weighted by atomic mass is 9.92. The number of likely N-dealkylation sites (tertiary alicyclic amines) is 2. The summed E-state index contributed by atoms with van der Waals surface area (Å²) in [5, 5.41) is 9.27. The number of amides is 2. The van der Waals surface area contributed by atoms with Crippen molar-refractivity contribution in [2.24, 2.45) is 17.8 Å². The van der Waals surface area contributed by atoms with E-state index in [-0.39, 0.29) is 36.2 Å². The molecule has 21 heavy (non-hydrogen) atoms. The quantitative estimate of drug-likeness (QED) is 0.849. The van der Waals surface area contributed by atoms with E-state index >= 15 is 0 Å². The third-order valence-electron chi connectivity index (χ3n) is 4.74. The molecule has 2 aliphatic heterocycles. The molecule has 5 nitrogen and oxygen atoms in total. The first-order valence-electron chi connectivity index (χ1n) is 8.21. The van der Waals surface area contributed by atoms with E-state index in [2.05, 4.69) is 0 Å². The Hall–Kier alpha value is -1.10. The number of carbonyl (C=O) groups excluding carboxylic acids is 2. The molecule has 2 heterocycles. The van der Waals surface area contributed by atoms with Crippen LogP contribution in [0.15, 0.2) is 0 Å². The van der Waals surface area contributed by atoms with Gasteiger partial charge in [-0.3, -0.25) is 9.59 Å². The molecule has 2 amide bonds. The molecular weight excluding hydrogens is 268 g/mol. The lowest BCUT2D eigenvalue weighted by Crippen LogP contribution is -2.48. The fourth-order valence-corrected chi connectivity index (χ4v) is 3.38. The maximum absolute atomic E-state index is 12.6. The molecule has 5 heteroatoms. The zero-order valence-corrected chi connectivity index (χ0v) is 13.3. The van der Waals surface area contributed by atoms with Crippen LogP contribution in [0.3, 0.4) is 0 Å². The molecule has 0 saturated carbocycles. The van der Waals surface area contributed by atoms with E-state index in [4.69, 9.17) is 0 Å². The molecule has 0 aromatic rings. The summed E-state index contributed by atoms with van der Waals surface area (Å²) in [7, 11) is 0. The molecule has 1 N–H and O–H groups in total. The van der Waals surface area contributed by atoms with E-state index in [9.17, 15) is 14.7 Å². The second-order valence-electron chi connectivity index (χ2n) is 6.73. The van der Waals surface area contributed by atoms with Crippen LogP contribution in [0.5, 0.6) is 0 Å². The first-order valence-corrected chi connectivity index (χ1v) is 8.21. The van der Waals surface area contributed by atoms with Crippen molar-refractivity contribution in [3.63, 3.8) is 0 Å². The number of rotatable bonds is 3. The van der Waals surface area contributed by atoms with Crippen molar-refractivity contribution in [3.05, 3.63) is 0 Å². The van der Waals surface area contributed by atoms with Gasteiger partial charge in [-0.2, -0.15) is 0 Å². The molecule has 0 aromatic carbocycles. The van der Waals surface area contributed by atoms with Gasteiger partial charge in [0.2, 0.25) is 11.8 Å². The van der Waals surface area contributed by atoms with E-state index in [1.54, 1.807) is 0 Å². The van der Waals surface area contributed by atoms with Crippen LogP contribution in [0, 0.1) is 17.8 Å². The Morgan fingerprint density at radius 3 is 2.33 bits per heavy atom. The van der Waals surface area contributed by atoms with Gasteiger partial charge in [0, 0.05) is 44.6 Å². The number of hydrogen-bond acceptors (Lipinski definition) is 3. The van der Waals surface area contributed by atoms with Crippen LogP contribution in [0.25, 0.3) is 0 Å². The average molecular weight is 296 g/mol. The van der Waals surface area contributed by atoms with Gasteiger partial charge in [0.15, 0.2) is 0 Å². The summed E-state index contributed by atoms with van der Waals surface area (Å²) in [6.45, 7) is 6.92. The third kappa shape index (κ3) is 3.96. The number of aliphatic hydroxyl groups is 1. The van der Waals surface area contributed by atoms with Crippen molar-refractivity contribution < 1.29 is 14.7 Å². The Balaban J connectivity index is 1.84. The highest BCUT2D eigenvalue weighted by Crippen LogP contribution is 2.24. The maximum Gasteiger partial charge on any atom is 0.225 e. The van der Waals surface area contributed by atoms with Gasteiger partial charge in [-0.25, -0.2) is 0 Å². The molecule has 2 rings (SSSR count). The summed E-state index contributed by atoms with van der Waals surface area (Å²) in [4.78, 5) is 28.3. The van der Waals surface area contributed by atoms with Gasteiger partial charge in [0.1, 0.15) is 0 Å². The lowest BCUT2D eigenvalue weighted by molar-refractivity contribution is -0.143. The van der Waals surface area contributed by atoms with E-state index in [1.165, 1.54) is 0 Å². The highest BCUT2D eigenvalue weighted by atomic mass is 16.3. The van der Waals surface area contributed by atoms with Crippen molar-refractivity contribution in [2.45, 2.75) is 39.5 Å². The SMILES string of the molecule is CC(C)C(=O)N1CCC(C(=O)N2CCCC(CO)C2)CC1. The molecule has 0 aromatic heterocycles. The zero-order chi connectivity index (χ0) is 15.4. The van der Waals surface area contributed by atoms with Crippen LogP contribution in [-0.4, -0.2) is 59.5 Å². The first-order chi connectivity index (χ1) is 10.0. The Kier molecular flexibility index (Phi) is 5.62. The van der Waals surface area contributed by atoms with Crippen LogP contribution in [0.2, 0.25) is 0 Å². The van der Waals surface area contributed by atoms with Crippen LogP contribution in [0.4, 0.5) is 0 Å². The van der Waals surface area contributed by atoms with Crippen molar-refractivity contribution in [2.75, 3.05) is 32.8 Å². The zero-order valence-electron chi connectivity index (χ0n) is 13.3. The predicted molar refractivity (Wildman–Crippen MR) is 80.5 cm³/mol. The predicted octanol–water partition coefficient (Wildman–Crippen LogP) is 1.11. The van der Waals surface area contributed by atoms with Gasteiger partial charge >= 0.3 is 0 Å². The number of carbonyl (C=O) groups is 2.